The number of carbonyl (C=O) groups excluding carboxylic acids is 1. The number of amides is 1. The molecule has 0 spiro atoms. The summed E-state index contributed by atoms with van der Waals surface area (Å²) < 4.78 is 5.50. The van der Waals surface area contributed by atoms with Crippen molar-refractivity contribution in [1.82, 2.24) is 4.90 Å². The zero-order chi connectivity index (χ0) is 16.1. The van der Waals surface area contributed by atoms with Gasteiger partial charge in [-0.1, -0.05) is 30.3 Å². The van der Waals surface area contributed by atoms with Crippen molar-refractivity contribution in [3.63, 3.8) is 0 Å². The van der Waals surface area contributed by atoms with E-state index in [1.807, 2.05) is 23.1 Å². The van der Waals surface area contributed by atoms with Crippen LogP contribution < -0.4 is 0 Å². The topological polar surface area (TPSA) is 54.3 Å². The normalized spacial score (nSPS) is 21.7. The van der Waals surface area contributed by atoms with Gasteiger partial charge < -0.3 is 9.64 Å². The third kappa shape index (κ3) is 3.77. The second-order valence-electron chi connectivity index (χ2n) is 6.00. The largest absolute Gasteiger partial charge is 0.361 e. The molecule has 1 amide bonds. The lowest BCUT2D eigenvalue weighted by molar-refractivity contribution is -0.147. The lowest BCUT2D eigenvalue weighted by atomic mass is 9.99. The molecule has 1 fully saturated rings. The Morgan fingerprint density at radius 3 is 2.83 bits per heavy atom. The van der Waals surface area contributed by atoms with Gasteiger partial charge >= 0.3 is 0 Å². The van der Waals surface area contributed by atoms with E-state index in [4.69, 9.17) is 11.2 Å². The quantitative estimate of drug-likeness (QED) is 0.757. The number of terminal acetylenes is 1. The number of hydrogen-bond donors (Lipinski definition) is 0. The maximum absolute atomic E-state index is 12.7. The van der Waals surface area contributed by atoms with E-state index in [0.717, 1.165) is 18.4 Å². The molecule has 3 rings (SSSR count). The maximum Gasteiger partial charge on any atom is 0.225 e. The molecule has 0 saturated carbocycles. The van der Waals surface area contributed by atoms with Gasteiger partial charge in [-0.15, -0.1) is 12.3 Å². The van der Waals surface area contributed by atoms with Crippen molar-refractivity contribution < 1.29 is 9.53 Å². The molecule has 2 heterocycles. The summed E-state index contributed by atoms with van der Waals surface area (Å²) in [6.07, 6.45) is 8.54. The third-order valence-electron chi connectivity index (χ3n) is 4.44. The fourth-order valence-corrected chi connectivity index (χ4v) is 2.99. The summed E-state index contributed by atoms with van der Waals surface area (Å²) in [5.41, 5.74) is 0.757. The highest BCUT2D eigenvalue weighted by molar-refractivity contribution is 5.76. The number of rotatable bonds is 6. The summed E-state index contributed by atoms with van der Waals surface area (Å²) >= 11 is 0. The van der Waals surface area contributed by atoms with Crippen molar-refractivity contribution in [3.05, 3.63) is 35.9 Å². The molecule has 0 N–H and O–H groups in total. The molecule has 2 aliphatic rings. The number of ether oxygens (including phenoxy) is 1. The minimum atomic E-state index is -0.402. The van der Waals surface area contributed by atoms with Gasteiger partial charge in [0, 0.05) is 25.7 Å². The molecule has 120 valence electrons. The van der Waals surface area contributed by atoms with Crippen molar-refractivity contribution in [3.8, 4) is 12.3 Å². The predicted molar refractivity (Wildman–Crippen MR) is 86.4 cm³/mol. The summed E-state index contributed by atoms with van der Waals surface area (Å²) in [6, 6.07) is 10.2. The molecule has 1 atom stereocenters. The average molecular weight is 311 g/mol. The molecule has 5 heteroatoms. The maximum atomic E-state index is 12.7. The van der Waals surface area contributed by atoms with E-state index in [9.17, 15) is 4.79 Å². The van der Waals surface area contributed by atoms with Crippen molar-refractivity contribution in [1.29, 1.82) is 0 Å². The van der Waals surface area contributed by atoms with Crippen molar-refractivity contribution in [2.45, 2.75) is 43.8 Å². The van der Waals surface area contributed by atoms with Gasteiger partial charge in [0.2, 0.25) is 5.91 Å². The molecule has 0 radical (unpaired) electrons. The van der Waals surface area contributed by atoms with E-state index in [2.05, 4.69) is 28.3 Å². The first kappa shape index (κ1) is 15.7. The van der Waals surface area contributed by atoms with Crippen LogP contribution in [0.5, 0.6) is 0 Å². The van der Waals surface area contributed by atoms with Gasteiger partial charge in [0.05, 0.1) is 12.6 Å². The second kappa shape index (κ2) is 6.93. The molecule has 1 aromatic carbocycles. The van der Waals surface area contributed by atoms with Crippen LogP contribution in [0.25, 0.3) is 0 Å². The first-order valence-electron chi connectivity index (χ1n) is 8.04. The van der Waals surface area contributed by atoms with E-state index in [-0.39, 0.29) is 11.9 Å². The zero-order valence-corrected chi connectivity index (χ0v) is 13.1. The summed E-state index contributed by atoms with van der Waals surface area (Å²) in [6.45, 7) is 1.03. The van der Waals surface area contributed by atoms with Crippen LogP contribution in [0.2, 0.25) is 0 Å². The van der Waals surface area contributed by atoms with Gasteiger partial charge in [0.1, 0.15) is 6.73 Å². The summed E-state index contributed by atoms with van der Waals surface area (Å²) in [5, 5.41) is 8.19. The lowest BCUT2D eigenvalue weighted by Gasteiger charge is -2.36. The zero-order valence-electron chi connectivity index (χ0n) is 13.1. The Hall–Kier alpha value is -2.19. The van der Waals surface area contributed by atoms with Crippen LogP contribution in [0.1, 0.15) is 43.7 Å². The van der Waals surface area contributed by atoms with Gasteiger partial charge in [-0.2, -0.15) is 10.2 Å². The Morgan fingerprint density at radius 1 is 1.35 bits per heavy atom. The standard InChI is InChI=1S/C18H21N3O2/c1-2-3-11-18(19-20-18)12-9-17(22)21-14-23-13-10-16(21)15-7-5-4-6-8-15/h1,4-8,16H,3,9-14H2. The van der Waals surface area contributed by atoms with Crippen molar-refractivity contribution in [2.24, 2.45) is 10.2 Å². The molecule has 1 saturated heterocycles. The van der Waals surface area contributed by atoms with Crippen molar-refractivity contribution >= 4 is 5.91 Å². The summed E-state index contributed by atoms with van der Waals surface area (Å²) in [7, 11) is 0. The Morgan fingerprint density at radius 2 is 2.13 bits per heavy atom. The molecule has 1 aromatic rings. The summed E-state index contributed by atoms with van der Waals surface area (Å²) in [5.74, 6) is 2.70. The summed E-state index contributed by atoms with van der Waals surface area (Å²) in [4.78, 5) is 14.5. The predicted octanol–water partition coefficient (Wildman–Crippen LogP) is 3.29. The van der Waals surface area contributed by atoms with Crippen LogP contribution in [-0.2, 0) is 9.53 Å². The minimum Gasteiger partial charge on any atom is -0.361 e. The highest BCUT2D eigenvalue weighted by Crippen LogP contribution is 2.38. The van der Waals surface area contributed by atoms with E-state index in [1.54, 1.807) is 0 Å². The number of carbonyl (C=O) groups is 1. The van der Waals surface area contributed by atoms with Gasteiger partial charge in [-0.05, 0) is 12.0 Å². The van der Waals surface area contributed by atoms with E-state index < -0.39 is 5.66 Å². The van der Waals surface area contributed by atoms with Crippen LogP contribution in [0.15, 0.2) is 40.6 Å². The Kier molecular flexibility index (Phi) is 4.73. The Balaban J connectivity index is 1.60. The fraction of sp³-hybridized carbons (Fsp3) is 0.500. The number of nitrogens with zero attached hydrogens (tertiary/aromatic N) is 3. The molecule has 5 nitrogen and oxygen atoms in total. The van der Waals surface area contributed by atoms with Crippen LogP contribution >= 0.6 is 0 Å². The van der Waals surface area contributed by atoms with Crippen LogP contribution in [-0.4, -0.2) is 29.8 Å². The monoisotopic (exact) mass is 311 g/mol. The van der Waals surface area contributed by atoms with Gasteiger partial charge in [0.15, 0.2) is 5.66 Å². The first-order valence-corrected chi connectivity index (χ1v) is 8.04. The van der Waals surface area contributed by atoms with Gasteiger partial charge in [-0.25, -0.2) is 0 Å². The van der Waals surface area contributed by atoms with E-state index in [1.165, 1.54) is 0 Å². The molecule has 2 aliphatic heterocycles. The first-order chi connectivity index (χ1) is 11.2. The molecule has 0 aromatic heterocycles. The fourth-order valence-electron chi connectivity index (χ4n) is 2.99. The van der Waals surface area contributed by atoms with E-state index in [0.29, 0.717) is 32.6 Å². The second-order valence-corrected chi connectivity index (χ2v) is 6.00. The number of benzene rings is 1. The Bertz CT molecular complexity index is 615. The van der Waals surface area contributed by atoms with Crippen LogP contribution in [0.3, 0.4) is 0 Å². The smallest absolute Gasteiger partial charge is 0.225 e. The molecule has 1 unspecified atom stereocenters. The Labute approximate surface area is 136 Å². The third-order valence-corrected chi connectivity index (χ3v) is 4.44. The molecular weight excluding hydrogens is 290 g/mol. The van der Waals surface area contributed by atoms with Gasteiger partial charge in [-0.3, -0.25) is 4.79 Å². The van der Waals surface area contributed by atoms with E-state index >= 15 is 0 Å². The molecular formula is C18H21N3O2. The van der Waals surface area contributed by atoms with Crippen LogP contribution in [0.4, 0.5) is 0 Å². The molecule has 0 aliphatic carbocycles. The highest BCUT2D eigenvalue weighted by Gasteiger charge is 2.40. The molecule has 0 bridgehead atoms. The lowest BCUT2D eigenvalue weighted by Crippen LogP contribution is -2.41. The molecule has 23 heavy (non-hydrogen) atoms. The average Bonchev–Trinajstić information content (AvgIpc) is 3.39. The van der Waals surface area contributed by atoms with Gasteiger partial charge in [0.25, 0.3) is 0 Å². The highest BCUT2D eigenvalue weighted by atomic mass is 16.5. The SMILES string of the molecule is C#CCCC1(CCC(=O)N2COCCC2c2ccccc2)N=N1. The van der Waals surface area contributed by atoms with Crippen LogP contribution in [0, 0.1) is 12.3 Å². The minimum absolute atomic E-state index is 0.0900. The van der Waals surface area contributed by atoms with Crippen molar-refractivity contribution in [2.75, 3.05) is 13.3 Å². The number of hydrogen-bond acceptors (Lipinski definition) is 4.